The van der Waals surface area contributed by atoms with E-state index in [1.54, 1.807) is 7.11 Å². The second-order valence-corrected chi connectivity index (χ2v) is 4.03. The Morgan fingerprint density at radius 2 is 2.12 bits per heavy atom. The highest BCUT2D eigenvalue weighted by Gasteiger charge is 2.20. The Labute approximate surface area is 98.5 Å². The first-order valence-corrected chi connectivity index (χ1v) is 5.38. The predicted molar refractivity (Wildman–Crippen MR) is 60.8 cm³/mol. The third-order valence-corrected chi connectivity index (χ3v) is 3.01. The van der Waals surface area contributed by atoms with Crippen LogP contribution in [0.2, 0.25) is 0 Å². The van der Waals surface area contributed by atoms with E-state index in [4.69, 9.17) is 9.84 Å². The molecule has 0 aliphatic heterocycles. The fraction of sp³-hybridized carbons (Fsp3) is 0.308. The summed E-state index contributed by atoms with van der Waals surface area (Å²) >= 11 is 0. The van der Waals surface area contributed by atoms with Crippen molar-refractivity contribution in [2.75, 3.05) is 7.11 Å². The van der Waals surface area contributed by atoms with Crippen LogP contribution in [0.25, 0.3) is 0 Å². The number of carboxylic acids is 1. The van der Waals surface area contributed by atoms with Gasteiger partial charge in [0.25, 0.3) is 0 Å². The van der Waals surface area contributed by atoms with Gasteiger partial charge in [0, 0.05) is 0 Å². The molecule has 1 aliphatic carbocycles. The molecule has 0 unspecified atom stereocenters. The smallest absolute Gasteiger partial charge is 0.364 e. The highest BCUT2D eigenvalue weighted by Crippen LogP contribution is 2.30. The van der Waals surface area contributed by atoms with Gasteiger partial charge in [0.2, 0.25) is 5.83 Å². The molecule has 0 atom stereocenters. The topological polar surface area (TPSA) is 46.5 Å². The number of hydrogen-bond donors (Lipinski definition) is 1. The molecule has 0 spiro atoms. The van der Waals surface area contributed by atoms with Gasteiger partial charge in [-0.15, -0.1) is 0 Å². The van der Waals surface area contributed by atoms with Gasteiger partial charge in [0.05, 0.1) is 7.11 Å². The highest BCUT2D eigenvalue weighted by molar-refractivity contribution is 5.85. The molecular formula is C13H13FO3. The largest absolute Gasteiger partial charge is 0.497 e. The molecule has 1 aromatic rings. The number of hydrogen-bond acceptors (Lipinski definition) is 2. The summed E-state index contributed by atoms with van der Waals surface area (Å²) in [7, 11) is 1.57. The van der Waals surface area contributed by atoms with Crippen LogP contribution in [0.1, 0.15) is 17.5 Å². The Morgan fingerprint density at radius 3 is 2.76 bits per heavy atom. The maximum absolute atomic E-state index is 13.3. The molecule has 0 saturated carbocycles. The van der Waals surface area contributed by atoms with E-state index in [9.17, 15) is 9.18 Å². The summed E-state index contributed by atoms with van der Waals surface area (Å²) in [5, 5.41) is 8.63. The Bertz CT molecular complexity index is 491. The summed E-state index contributed by atoms with van der Waals surface area (Å²) < 4.78 is 18.4. The minimum Gasteiger partial charge on any atom is -0.497 e. The van der Waals surface area contributed by atoms with Crippen LogP contribution in [0.4, 0.5) is 4.39 Å². The minimum atomic E-state index is -1.48. The van der Waals surface area contributed by atoms with Crippen LogP contribution < -0.4 is 4.74 Å². The number of benzene rings is 1. The van der Waals surface area contributed by atoms with Crippen molar-refractivity contribution >= 4 is 5.97 Å². The molecule has 0 fully saturated rings. The van der Waals surface area contributed by atoms with Crippen molar-refractivity contribution in [2.24, 2.45) is 0 Å². The zero-order chi connectivity index (χ0) is 12.4. The first kappa shape index (κ1) is 11.6. The van der Waals surface area contributed by atoms with E-state index in [0.717, 1.165) is 11.1 Å². The van der Waals surface area contributed by atoms with E-state index < -0.39 is 11.8 Å². The van der Waals surface area contributed by atoms with Gasteiger partial charge in [0.15, 0.2) is 0 Å². The summed E-state index contributed by atoms with van der Waals surface area (Å²) in [6.45, 7) is 0. The maximum Gasteiger partial charge on any atom is 0.364 e. The molecule has 1 aromatic carbocycles. The molecule has 0 bridgehead atoms. The molecule has 0 amide bonds. The molecule has 0 aromatic heterocycles. The molecule has 2 rings (SSSR count). The fourth-order valence-corrected chi connectivity index (χ4v) is 2.08. The third-order valence-electron chi connectivity index (χ3n) is 3.01. The summed E-state index contributed by atoms with van der Waals surface area (Å²) in [5.74, 6) is -1.79. The van der Waals surface area contributed by atoms with Crippen LogP contribution in [0.5, 0.6) is 5.75 Å². The number of allylic oxidation sites excluding steroid dienone is 1. The average molecular weight is 236 g/mol. The zero-order valence-corrected chi connectivity index (χ0v) is 9.50. The van der Waals surface area contributed by atoms with Crippen molar-refractivity contribution in [3.63, 3.8) is 0 Å². The molecule has 1 aliphatic rings. The molecule has 90 valence electrons. The van der Waals surface area contributed by atoms with Gasteiger partial charge < -0.3 is 9.84 Å². The van der Waals surface area contributed by atoms with Crippen LogP contribution in [-0.2, 0) is 17.6 Å². The number of carbonyl (C=O) groups is 1. The molecule has 0 heterocycles. The Morgan fingerprint density at radius 1 is 1.35 bits per heavy atom. The maximum atomic E-state index is 13.3. The van der Waals surface area contributed by atoms with Crippen LogP contribution in [0.3, 0.4) is 0 Å². The van der Waals surface area contributed by atoms with Crippen molar-refractivity contribution < 1.29 is 19.0 Å². The van der Waals surface area contributed by atoms with E-state index in [-0.39, 0.29) is 0 Å². The molecule has 3 nitrogen and oxygen atoms in total. The SMILES string of the molecule is COc1ccc2c(c1)C/C(=C(\F)C(=O)O)CC2. The minimum absolute atomic E-state index is 0.352. The number of ether oxygens (including phenoxy) is 1. The number of carboxylic acid groups (broad SMARTS) is 1. The lowest BCUT2D eigenvalue weighted by Gasteiger charge is -2.19. The number of halogens is 1. The number of fused-ring (bicyclic) bond motifs is 1. The predicted octanol–water partition coefficient (Wildman–Crippen LogP) is 2.49. The van der Waals surface area contributed by atoms with Crippen LogP contribution in [0, 0.1) is 0 Å². The first-order chi connectivity index (χ1) is 8.11. The lowest BCUT2D eigenvalue weighted by atomic mass is 9.87. The van der Waals surface area contributed by atoms with Crippen molar-refractivity contribution in [1.29, 1.82) is 0 Å². The normalized spacial score (nSPS) is 17.3. The molecule has 1 N–H and O–H groups in total. The molecule has 4 heteroatoms. The van der Waals surface area contributed by atoms with Crippen molar-refractivity contribution in [1.82, 2.24) is 0 Å². The first-order valence-electron chi connectivity index (χ1n) is 5.38. The van der Waals surface area contributed by atoms with Crippen LogP contribution in [-0.4, -0.2) is 18.2 Å². The Kier molecular flexibility index (Phi) is 3.13. The molecular weight excluding hydrogens is 223 g/mol. The van der Waals surface area contributed by atoms with Crippen molar-refractivity contribution in [3.05, 3.63) is 40.7 Å². The van der Waals surface area contributed by atoms with Crippen LogP contribution >= 0.6 is 0 Å². The summed E-state index contributed by atoms with van der Waals surface area (Å²) in [5.41, 5.74) is 2.44. The van der Waals surface area contributed by atoms with Gasteiger partial charge in [0.1, 0.15) is 5.75 Å². The van der Waals surface area contributed by atoms with E-state index in [1.165, 1.54) is 0 Å². The van der Waals surface area contributed by atoms with Crippen molar-refractivity contribution in [2.45, 2.75) is 19.3 Å². The quantitative estimate of drug-likeness (QED) is 0.802. The standard InChI is InChI=1S/C13H13FO3/c1-17-11-5-4-8-2-3-9(6-10(8)7-11)12(14)13(15)16/h4-5,7H,2-3,6H2,1H3,(H,15,16)/b12-9-. The third kappa shape index (κ3) is 2.30. The molecule has 17 heavy (non-hydrogen) atoms. The van der Waals surface area contributed by atoms with E-state index in [1.807, 2.05) is 18.2 Å². The monoisotopic (exact) mass is 236 g/mol. The zero-order valence-electron chi connectivity index (χ0n) is 9.50. The van der Waals surface area contributed by atoms with Gasteiger partial charge in [-0.2, -0.15) is 4.39 Å². The molecule has 0 saturated heterocycles. The number of methoxy groups -OCH3 is 1. The summed E-state index contributed by atoms with van der Waals surface area (Å²) in [6, 6.07) is 5.65. The number of aryl methyl sites for hydroxylation is 1. The van der Waals surface area contributed by atoms with Crippen molar-refractivity contribution in [3.8, 4) is 5.75 Å². The highest BCUT2D eigenvalue weighted by atomic mass is 19.1. The van der Waals surface area contributed by atoms with E-state index >= 15 is 0 Å². The van der Waals surface area contributed by atoms with Gasteiger partial charge >= 0.3 is 5.97 Å². The lowest BCUT2D eigenvalue weighted by molar-refractivity contribution is -0.134. The number of rotatable bonds is 2. The summed E-state index contributed by atoms with van der Waals surface area (Å²) in [6.07, 6.45) is 1.50. The number of aliphatic carboxylic acids is 1. The molecule has 0 radical (unpaired) electrons. The van der Waals surface area contributed by atoms with Gasteiger partial charge in [-0.25, -0.2) is 4.79 Å². The van der Waals surface area contributed by atoms with E-state index in [0.29, 0.717) is 30.6 Å². The second kappa shape index (κ2) is 4.57. The second-order valence-electron chi connectivity index (χ2n) is 4.03. The van der Waals surface area contributed by atoms with Crippen LogP contribution in [0.15, 0.2) is 29.6 Å². The fourth-order valence-electron chi connectivity index (χ4n) is 2.08. The summed E-state index contributed by atoms with van der Waals surface area (Å²) in [4.78, 5) is 10.6. The Balaban J connectivity index is 2.35. The Hall–Kier alpha value is -1.84. The van der Waals surface area contributed by atoms with E-state index in [2.05, 4.69) is 0 Å². The lowest BCUT2D eigenvalue weighted by Crippen LogP contribution is -2.10. The van der Waals surface area contributed by atoms with Gasteiger partial charge in [-0.1, -0.05) is 6.07 Å². The van der Waals surface area contributed by atoms with Gasteiger partial charge in [-0.3, -0.25) is 0 Å². The van der Waals surface area contributed by atoms with Gasteiger partial charge in [-0.05, 0) is 48.1 Å². The average Bonchev–Trinajstić information content (AvgIpc) is 2.36.